The Morgan fingerprint density at radius 1 is 0.879 bits per heavy atom. The monoisotopic (exact) mass is 531 g/mol. The van der Waals surface area contributed by atoms with Gasteiger partial charge >= 0.3 is 26.2 Å². The van der Waals surface area contributed by atoms with E-state index >= 15 is 0 Å². The topological polar surface area (TPSA) is 3.24 Å². The molecule has 4 fully saturated rings. The van der Waals surface area contributed by atoms with Crippen LogP contribution >= 0.6 is 0 Å². The quantitative estimate of drug-likeness (QED) is 0.302. The molecule has 1 heterocycles. The van der Waals surface area contributed by atoms with Crippen LogP contribution in [0.4, 0.5) is 0 Å². The van der Waals surface area contributed by atoms with Gasteiger partial charge in [0.25, 0.3) is 0 Å². The molecular weight excluding hydrogens is 494 g/mol. The van der Waals surface area contributed by atoms with E-state index < -0.39 is 8.07 Å². The molecule has 5 rings (SSSR count). The smallest absolute Gasteiger partial charge is 0.499 e. The standard InChI is InChI=1S/C20H29NSi.2C5H5.Zr/c1-20-13-9-8-12-19(20)21(14-17-10-6-5-7-11-17)15-18(20)16-22(2,3)4;2*1-2-4-5-3-1;/h5-7,10-11,19H,1,8-9,12-15H2,2-4H3;2*1-5H;/q-2;;;+4/t19-,20-;;;/m1.../s1. The maximum atomic E-state index is 4.73. The zero-order chi connectivity index (χ0) is 22.9. The van der Waals surface area contributed by atoms with Crippen molar-refractivity contribution in [2.75, 3.05) is 6.54 Å². The Morgan fingerprint density at radius 2 is 1.39 bits per heavy atom. The van der Waals surface area contributed by atoms with E-state index in [9.17, 15) is 0 Å². The summed E-state index contributed by atoms with van der Waals surface area (Å²) in [6.07, 6.45) is 25.2. The van der Waals surface area contributed by atoms with E-state index in [0.29, 0.717) is 6.04 Å². The van der Waals surface area contributed by atoms with Crippen LogP contribution in [0, 0.1) is 82.2 Å². The molecule has 1 aliphatic heterocycles. The fraction of sp³-hybridized carbons (Fsp3) is 0.367. The summed E-state index contributed by atoms with van der Waals surface area (Å²) in [5.41, 5.74) is 7.00. The summed E-state index contributed by atoms with van der Waals surface area (Å²) in [7, 11) is -1.32. The molecule has 0 aromatic heterocycles. The third kappa shape index (κ3) is 9.53. The molecule has 0 amide bonds. The average Bonchev–Trinajstić information content (AvgIpc) is 3.54. The van der Waals surface area contributed by atoms with Gasteiger partial charge in [0.05, 0.1) is 0 Å². The SMILES string of the molecule is [CH2-][C@]12CCCC[C@H]1N(Cc1ccccc1)CC2=[C-][Si](C)(C)C.[CH]1[CH][CH][CH][CH]1.[CH]1[CH][CH][CH][CH]1.[Zr+4]. The molecule has 0 N–H and O–H groups in total. The second kappa shape index (κ2) is 14.5. The summed E-state index contributed by atoms with van der Waals surface area (Å²) < 4.78 is 0. The van der Waals surface area contributed by atoms with Gasteiger partial charge in [0.15, 0.2) is 0 Å². The van der Waals surface area contributed by atoms with E-state index in [-0.39, 0.29) is 31.6 Å². The van der Waals surface area contributed by atoms with E-state index in [1.165, 1.54) is 36.8 Å². The number of fused-ring (bicyclic) bond motifs is 1. The summed E-state index contributed by atoms with van der Waals surface area (Å²) in [4.78, 5) is 2.67. The van der Waals surface area contributed by atoms with E-state index in [1.54, 1.807) is 0 Å². The number of benzene rings is 1. The summed E-state index contributed by atoms with van der Waals surface area (Å²) in [6, 6.07) is 11.5. The molecule has 0 unspecified atom stereocenters. The summed E-state index contributed by atoms with van der Waals surface area (Å²) in [6.45, 7) is 14.0. The van der Waals surface area contributed by atoms with E-state index in [0.717, 1.165) is 13.1 Å². The molecule has 4 aliphatic rings. The van der Waals surface area contributed by atoms with Gasteiger partial charge in [-0.25, -0.2) is 0 Å². The van der Waals surface area contributed by atoms with Crippen molar-refractivity contribution in [1.29, 1.82) is 0 Å². The van der Waals surface area contributed by atoms with E-state index in [4.69, 9.17) is 6.92 Å². The second-order valence-electron chi connectivity index (χ2n) is 10.1. The van der Waals surface area contributed by atoms with Gasteiger partial charge in [-0.15, -0.1) is 8.07 Å². The van der Waals surface area contributed by atoms with Gasteiger partial charge in [0, 0.05) is 6.54 Å². The minimum absolute atomic E-state index is 0. The van der Waals surface area contributed by atoms with Crippen LogP contribution in [0.2, 0.25) is 19.6 Å². The van der Waals surface area contributed by atoms with Crippen LogP contribution in [-0.4, -0.2) is 25.6 Å². The number of nitrogens with zero attached hydrogens (tertiary/aromatic N) is 1. The van der Waals surface area contributed by atoms with Crippen molar-refractivity contribution < 1.29 is 26.2 Å². The maximum absolute atomic E-state index is 4.73. The third-order valence-corrected chi connectivity index (χ3v) is 7.31. The fourth-order valence-corrected chi connectivity index (χ4v) is 6.05. The molecule has 33 heavy (non-hydrogen) atoms. The van der Waals surface area contributed by atoms with Gasteiger partial charge in [-0.1, -0.05) is 69.2 Å². The molecule has 3 saturated carbocycles. The molecule has 1 aromatic carbocycles. The first kappa shape index (κ1) is 29.3. The Kier molecular flexibility index (Phi) is 12.9. The first-order valence-corrected chi connectivity index (χ1v) is 15.5. The average molecular weight is 533 g/mol. The Balaban J connectivity index is 0.000000288. The van der Waals surface area contributed by atoms with Crippen LogP contribution in [0.5, 0.6) is 0 Å². The molecule has 0 bridgehead atoms. The largest absolute Gasteiger partial charge is 4.00 e. The van der Waals surface area contributed by atoms with E-state index in [2.05, 4.69) is 60.6 Å². The molecule has 1 nitrogen and oxygen atoms in total. The molecule has 2 atom stereocenters. The van der Waals surface area contributed by atoms with Crippen molar-refractivity contribution in [2.24, 2.45) is 5.41 Å². The van der Waals surface area contributed by atoms with Gasteiger partial charge in [-0.3, -0.25) is 10.5 Å². The molecule has 1 saturated heterocycles. The van der Waals surface area contributed by atoms with Gasteiger partial charge in [0.2, 0.25) is 0 Å². The first-order chi connectivity index (χ1) is 15.4. The van der Waals surface area contributed by atoms with Crippen LogP contribution in [0.15, 0.2) is 35.9 Å². The van der Waals surface area contributed by atoms with Crippen LogP contribution in [-0.2, 0) is 32.7 Å². The normalized spacial score (nSPS) is 28.2. The third-order valence-electron chi connectivity index (χ3n) is 6.26. The van der Waals surface area contributed by atoms with Gasteiger partial charge in [-0.2, -0.15) is 5.41 Å². The van der Waals surface area contributed by atoms with Crippen molar-refractivity contribution in [2.45, 2.75) is 57.9 Å². The molecule has 10 radical (unpaired) electrons. The van der Waals surface area contributed by atoms with Gasteiger partial charge in [-0.05, 0) is 88.8 Å². The number of hydrogen-bond acceptors (Lipinski definition) is 1. The van der Waals surface area contributed by atoms with E-state index in [1.807, 2.05) is 64.2 Å². The number of rotatable bonds is 3. The van der Waals surface area contributed by atoms with Crippen LogP contribution in [0.1, 0.15) is 31.2 Å². The van der Waals surface area contributed by atoms with Gasteiger partial charge in [0.1, 0.15) is 0 Å². The van der Waals surface area contributed by atoms with Crippen molar-refractivity contribution in [3.05, 3.63) is 118 Å². The molecule has 3 heteroatoms. The number of hydrogen-bond donors (Lipinski definition) is 0. The van der Waals surface area contributed by atoms with Crippen molar-refractivity contribution in [1.82, 2.24) is 4.90 Å². The fourth-order valence-electron chi connectivity index (χ4n) is 4.82. The second-order valence-corrected chi connectivity index (χ2v) is 14.8. The molecular formula is C30H39NSiZr+2. The Labute approximate surface area is 226 Å². The Hall–Kier alpha value is 0.0200. The summed E-state index contributed by atoms with van der Waals surface area (Å²) in [5, 5.41) is 0. The maximum Gasteiger partial charge on any atom is 4.00 e. The molecule has 1 aromatic rings. The number of likely N-dealkylation sites (tertiary alicyclic amines) is 1. The van der Waals surface area contributed by atoms with Crippen molar-refractivity contribution >= 4 is 8.07 Å². The molecule has 170 valence electrons. The minimum Gasteiger partial charge on any atom is -0.499 e. The molecule has 0 spiro atoms. The Bertz CT molecular complexity index is 662. The molecule has 3 aliphatic carbocycles. The van der Waals surface area contributed by atoms with Crippen molar-refractivity contribution in [3.8, 4) is 0 Å². The zero-order valence-electron chi connectivity index (χ0n) is 20.6. The minimum atomic E-state index is -1.32. The first-order valence-electron chi connectivity index (χ1n) is 12.0. The summed E-state index contributed by atoms with van der Waals surface area (Å²) in [5.74, 6) is 0. The van der Waals surface area contributed by atoms with Crippen LogP contribution in [0.25, 0.3) is 0 Å². The summed E-state index contributed by atoms with van der Waals surface area (Å²) >= 11 is 0. The zero-order valence-corrected chi connectivity index (χ0v) is 24.1. The van der Waals surface area contributed by atoms with Crippen molar-refractivity contribution in [3.63, 3.8) is 0 Å². The predicted molar refractivity (Wildman–Crippen MR) is 140 cm³/mol. The van der Waals surface area contributed by atoms with Crippen LogP contribution in [0.3, 0.4) is 0 Å². The van der Waals surface area contributed by atoms with Gasteiger partial charge < -0.3 is 12.6 Å². The van der Waals surface area contributed by atoms with Crippen LogP contribution < -0.4 is 0 Å². The Morgan fingerprint density at radius 3 is 1.88 bits per heavy atom. The predicted octanol–water partition coefficient (Wildman–Crippen LogP) is 6.91.